The van der Waals surface area contributed by atoms with Crippen LogP contribution in [0.1, 0.15) is 0 Å². The van der Waals surface area contributed by atoms with E-state index in [4.69, 9.17) is 0 Å². The monoisotopic (exact) mass is 240 g/mol. The largest absolute Gasteiger partial charge is 0.359 e. The van der Waals surface area contributed by atoms with Gasteiger partial charge in [0.1, 0.15) is 5.52 Å². The van der Waals surface area contributed by atoms with E-state index in [0.29, 0.717) is 0 Å². The molecule has 0 atom stereocenters. The molecule has 2 rings (SSSR count). The lowest BCUT2D eigenvalue weighted by molar-refractivity contribution is 0.936. The first-order chi connectivity index (χ1) is 6.22. The molecule has 1 N–H and O–H groups in total. The van der Waals surface area contributed by atoms with Crippen molar-refractivity contribution in [2.24, 2.45) is 7.05 Å². The van der Waals surface area contributed by atoms with E-state index in [1.807, 2.05) is 24.7 Å². The van der Waals surface area contributed by atoms with Crippen LogP contribution in [0.4, 0.5) is 5.95 Å². The van der Waals surface area contributed by atoms with Gasteiger partial charge >= 0.3 is 0 Å². The second-order valence-corrected chi connectivity index (χ2v) is 3.66. The molecular formula is C8H9BrN4. The zero-order valence-electron chi connectivity index (χ0n) is 7.37. The van der Waals surface area contributed by atoms with Crippen LogP contribution in [0.15, 0.2) is 16.7 Å². The van der Waals surface area contributed by atoms with Crippen LogP contribution in [-0.2, 0) is 7.05 Å². The average Bonchev–Trinajstić information content (AvgIpc) is 2.42. The summed E-state index contributed by atoms with van der Waals surface area (Å²) in [6.45, 7) is 0. The fourth-order valence-electron chi connectivity index (χ4n) is 1.28. The molecule has 0 aliphatic heterocycles. The van der Waals surface area contributed by atoms with Crippen molar-refractivity contribution in [3.8, 4) is 0 Å². The van der Waals surface area contributed by atoms with Crippen LogP contribution in [0.25, 0.3) is 11.2 Å². The van der Waals surface area contributed by atoms with Gasteiger partial charge in [0.15, 0.2) is 5.65 Å². The summed E-state index contributed by atoms with van der Waals surface area (Å²) >= 11 is 3.36. The first kappa shape index (κ1) is 8.50. The van der Waals surface area contributed by atoms with Crippen LogP contribution in [0.2, 0.25) is 0 Å². The van der Waals surface area contributed by atoms with Gasteiger partial charge in [0.05, 0.1) is 0 Å². The van der Waals surface area contributed by atoms with Gasteiger partial charge in [0.2, 0.25) is 5.95 Å². The molecule has 0 spiro atoms. The van der Waals surface area contributed by atoms with E-state index >= 15 is 0 Å². The van der Waals surface area contributed by atoms with Gasteiger partial charge in [-0.05, 0) is 22.0 Å². The summed E-state index contributed by atoms with van der Waals surface area (Å²) in [7, 11) is 3.78. The highest BCUT2D eigenvalue weighted by atomic mass is 79.9. The highest BCUT2D eigenvalue weighted by Crippen LogP contribution is 2.19. The van der Waals surface area contributed by atoms with Crippen molar-refractivity contribution >= 4 is 33.0 Å². The minimum Gasteiger partial charge on any atom is -0.359 e. The average molecular weight is 241 g/mol. The van der Waals surface area contributed by atoms with Crippen LogP contribution >= 0.6 is 15.9 Å². The molecule has 0 fully saturated rings. The van der Waals surface area contributed by atoms with Crippen molar-refractivity contribution in [1.82, 2.24) is 14.5 Å². The summed E-state index contributed by atoms with van der Waals surface area (Å²) < 4.78 is 2.86. The third-order valence-corrected chi connectivity index (χ3v) is 2.33. The number of aryl methyl sites for hydroxylation is 1. The number of anilines is 1. The maximum atomic E-state index is 4.35. The van der Waals surface area contributed by atoms with Crippen LogP contribution in [0, 0.1) is 0 Å². The van der Waals surface area contributed by atoms with Crippen molar-refractivity contribution in [2.75, 3.05) is 12.4 Å². The Morgan fingerprint density at radius 1 is 1.54 bits per heavy atom. The highest BCUT2D eigenvalue weighted by Gasteiger charge is 2.06. The number of nitrogens with zero attached hydrogens (tertiary/aromatic N) is 3. The molecule has 0 saturated carbocycles. The number of hydrogen-bond donors (Lipinski definition) is 1. The molecule has 0 aliphatic rings. The smallest absolute Gasteiger partial charge is 0.204 e. The van der Waals surface area contributed by atoms with Gasteiger partial charge < -0.3 is 5.32 Å². The van der Waals surface area contributed by atoms with E-state index < -0.39 is 0 Å². The lowest BCUT2D eigenvalue weighted by Gasteiger charge is -1.97. The Kier molecular flexibility index (Phi) is 1.95. The molecule has 0 aromatic carbocycles. The van der Waals surface area contributed by atoms with Crippen molar-refractivity contribution < 1.29 is 0 Å². The predicted octanol–water partition coefficient (Wildman–Crippen LogP) is 1.77. The number of aromatic nitrogens is 3. The van der Waals surface area contributed by atoms with Gasteiger partial charge in [-0.15, -0.1) is 0 Å². The number of hydrogen-bond acceptors (Lipinski definition) is 3. The minimum atomic E-state index is 0.820. The van der Waals surface area contributed by atoms with E-state index in [1.165, 1.54) is 0 Å². The summed E-state index contributed by atoms with van der Waals surface area (Å²) in [5.74, 6) is 0.820. The van der Waals surface area contributed by atoms with Crippen molar-refractivity contribution in [3.05, 3.63) is 16.7 Å². The highest BCUT2D eigenvalue weighted by molar-refractivity contribution is 9.10. The molecule has 4 nitrogen and oxygen atoms in total. The van der Waals surface area contributed by atoms with E-state index in [2.05, 4.69) is 31.2 Å². The van der Waals surface area contributed by atoms with Crippen LogP contribution < -0.4 is 5.32 Å². The quantitative estimate of drug-likeness (QED) is 0.827. The van der Waals surface area contributed by atoms with E-state index in [1.54, 1.807) is 6.20 Å². The molecule has 0 saturated heterocycles. The number of nitrogens with one attached hydrogen (secondary N) is 1. The minimum absolute atomic E-state index is 0.820. The number of fused-ring (bicyclic) bond motifs is 1. The normalized spacial score (nSPS) is 10.7. The summed E-state index contributed by atoms with van der Waals surface area (Å²) in [4.78, 5) is 8.61. The Bertz CT molecular complexity index is 449. The first-order valence-corrected chi connectivity index (χ1v) is 4.67. The molecule has 2 aromatic heterocycles. The molecule has 2 aromatic rings. The van der Waals surface area contributed by atoms with Gasteiger partial charge in [0, 0.05) is 24.8 Å². The molecule has 68 valence electrons. The SMILES string of the molecule is CNc1nc2cc(Br)cnc2n1C. The van der Waals surface area contributed by atoms with Crippen LogP contribution in [-0.4, -0.2) is 21.6 Å². The fourth-order valence-corrected chi connectivity index (χ4v) is 1.59. The zero-order valence-corrected chi connectivity index (χ0v) is 8.96. The maximum Gasteiger partial charge on any atom is 0.204 e. The summed E-state index contributed by atoms with van der Waals surface area (Å²) in [5, 5.41) is 3.00. The Balaban J connectivity index is 2.76. The summed E-state index contributed by atoms with van der Waals surface area (Å²) in [5.41, 5.74) is 1.77. The third kappa shape index (κ3) is 1.29. The van der Waals surface area contributed by atoms with Gasteiger partial charge in [0.25, 0.3) is 0 Å². The number of imidazole rings is 1. The Labute approximate surface area is 84.1 Å². The molecule has 0 unspecified atom stereocenters. The van der Waals surface area contributed by atoms with E-state index in [0.717, 1.165) is 21.6 Å². The Hall–Kier alpha value is -1.10. The summed E-state index contributed by atoms with van der Waals surface area (Å²) in [6.07, 6.45) is 1.77. The van der Waals surface area contributed by atoms with E-state index in [-0.39, 0.29) is 0 Å². The standard InChI is InChI=1S/C8H9BrN4/c1-10-8-12-6-3-5(9)4-11-7(6)13(8)2/h3-4H,1-2H3,(H,10,12). The fraction of sp³-hybridized carbons (Fsp3) is 0.250. The molecule has 0 aliphatic carbocycles. The lowest BCUT2D eigenvalue weighted by Crippen LogP contribution is -1.98. The van der Waals surface area contributed by atoms with Crippen molar-refractivity contribution in [3.63, 3.8) is 0 Å². The molecule has 0 bridgehead atoms. The van der Waals surface area contributed by atoms with Crippen LogP contribution in [0.5, 0.6) is 0 Å². The number of pyridine rings is 1. The topological polar surface area (TPSA) is 42.7 Å². The van der Waals surface area contributed by atoms with Crippen LogP contribution in [0.3, 0.4) is 0 Å². The molecule has 5 heteroatoms. The van der Waals surface area contributed by atoms with E-state index in [9.17, 15) is 0 Å². The van der Waals surface area contributed by atoms with Crippen molar-refractivity contribution in [2.45, 2.75) is 0 Å². The third-order valence-electron chi connectivity index (χ3n) is 1.90. The van der Waals surface area contributed by atoms with Crippen molar-refractivity contribution in [1.29, 1.82) is 0 Å². The Morgan fingerprint density at radius 2 is 2.31 bits per heavy atom. The molecule has 2 heterocycles. The second kappa shape index (κ2) is 2.99. The summed E-state index contributed by atoms with van der Waals surface area (Å²) in [6, 6.07) is 1.95. The number of halogens is 1. The maximum absolute atomic E-state index is 4.35. The van der Waals surface area contributed by atoms with Gasteiger partial charge in [-0.25, -0.2) is 9.97 Å². The predicted molar refractivity (Wildman–Crippen MR) is 55.8 cm³/mol. The van der Waals surface area contributed by atoms with Gasteiger partial charge in [-0.2, -0.15) is 0 Å². The number of rotatable bonds is 1. The second-order valence-electron chi connectivity index (χ2n) is 2.74. The molecular weight excluding hydrogens is 232 g/mol. The first-order valence-electron chi connectivity index (χ1n) is 3.88. The molecule has 0 amide bonds. The molecule has 0 radical (unpaired) electrons. The molecule has 13 heavy (non-hydrogen) atoms. The van der Waals surface area contributed by atoms with Gasteiger partial charge in [-0.1, -0.05) is 0 Å². The lowest BCUT2D eigenvalue weighted by atomic mass is 10.4. The van der Waals surface area contributed by atoms with Gasteiger partial charge in [-0.3, -0.25) is 4.57 Å². The Morgan fingerprint density at radius 3 is 3.00 bits per heavy atom. The zero-order chi connectivity index (χ0) is 9.42.